The monoisotopic (exact) mass is 537 g/mol. The number of rotatable bonds is 11. The Morgan fingerprint density at radius 2 is 1.84 bits per heavy atom. The number of carboxylic acids is 1. The number of nitrogens with zero attached hydrogens (tertiary/aromatic N) is 2. The fourth-order valence-corrected chi connectivity index (χ4v) is 4.52. The number of imidazole rings is 1. The molecule has 38 heavy (non-hydrogen) atoms. The first-order valence-electron chi connectivity index (χ1n) is 11.6. The van der Waals surface area contributed by atoms with Gasteiger partial charge in [0.15, 0.2) is 17.4 Å². The number of ether oxygens (including phenoxy) is 1. The predicted octanol–water partition coefficient (Wildman–Crippen LogP) is 5.26. The molecule has 3 aromatic carbocycles. The first-order valence-corrected chi connectivity index (χ1v) is 12.8. The SMILES string of the molecule is CSc1cc(F)c(F)cc1-c1ccc(OCc2cccc(C(=O)C(NCC(=O)O)c3cn(C)cn3)c2)cc1. The highest BCUT2D eigenvalue weighted by Crippen LogP contribution is 2.33. The van der Waals surface area contributed by atoms with E-state index in [1.165, 1.54) is 23.9 Å². The molecule has 0 aliphatic heterocycles. The molecule has 1 aromatic heterocycles. The second kappa shape index (κ2) is 12.0. The van der Waals surface area contributed by atoms with Gasteiger partial charge in [-0.25, -0.2) is 13.8 Å². The topological polar surface area (TPSA) is 93.5 Å². The first kappa shape index (κ1) is 27.0. The fourth-order valence-electron chi connectivity index (χ4n) is 3.90. The molecule has 0 aliphatic rings. The maximum Gasteiger partial charge on any atom is 0.317 e. The average Bonchev–Trinajstić information content (AvgIpc) is 3.34. The third-order valence-corrected chi connectivity index (χ3v) is 6.54. The van der Waals surface area contributed by atoms with Crippen LogP contribution in [0.5, 0.6) is 5.75 Å². The molecule has 0 spiro atoms. The van der Waals surface area contributed by atoms with Crippen molar-refractivity contribution in [1.29, 1.82) is 0 Å². The van der Waals surface area contributed by atoms with Gasteiger partial charge in [-0.05, 0) is 53.3 Å². The number of Topliss-reactive ketones (excluding diaryl/α,β-unsaturated/α-hetero) is 1. The van der Waals surface area contributed by atoms with E-state index in [-0.39, 0.29) is 12.4 Å². The maximum absolute atomic E-state index is 13.8. The van der Waals surface area contributed by atoms with Crippen LogP contribution in [0.4, 0.5) is 8.78 Å². The highest BCUT2D eigenvalue weighted by molar-refractivity contribution is 7.98. The number of hydrogen-bond donors (Lipinski definition) is 2. The van der Waals surface area contributed by atoms with Crippen molar-refractivity contribution in [3.8, 4) is 16.9 Å². The molecule has 0 saturated carbocycles. The van der Waals surface area contributed by atoms with Crippen molar-refractivity contribution in [3.05, 3.63) is 102 Å². The van der Waals surface area contributed by atoms with Crippen LogP contribution in [0.1, 0.15) is 27.7 Å². The average molecular weight is 538 g/mol. The molecule has 0 amide bonds. The summed E-state index contributed by atoms with van der Waals surface area (Å²) < 4.78 is 35.0. The van der Waals surface area contributed by atoms with Gasteiger partial charge in [0.1, 0.15) is 18.4 Å². The normalized spacial score (nSPS) is 11.8. The van der Waals surface area contributed by atoms with Crippen LogP contribution in [0.15, 0.2) is 78.1 Å². The summed E-state index contributed by atoms with van der Waals surface area (Å²) in [6.07, 6.45) is 5.01. The molecule has 2 N–H and O–H groups in total. The van der Waals surface area contributed by atoms with Crippen molar-refractivity contribution in [2.45, 2.75) is 17.5 Å². The molecule has 7 nitrogen and oxygen atoms in total. The van der Waals surface area contributed by atoms with Crippen molar-refractivity contribution in [2.24, 2.45) is 7.05 Å². The number of carbonyl (C=O) groups excluding carboxylic acids is 1. The number of nitrogens with one attached hydrogen (secondary N) is 1. The predicted molar refractivity (Wildman–Crippen MR) is 140 cm³/mol. The van der Waals surface area contributed by atoms with Crippen LogP contribution in [0.3, 0.4) is 0 Å². The number of aryl methyl sites for hydroxylation is 1. The zero-order valence-corrected chi connectivity index (χ0v) is 21.5. The van der Waals surface area contributed by atoms with Gasteiger partial charge in [-0.2, -0.15) is 0 Å². The third kappa shape index (κ3) is 6.45. The number of aliphatic carboxylic acids is 1. The van der Waals surface area contributed by atoms with Gasteiger partial charge in [-0.15, -0.1) is 11.8 Å². The Bertz CT molecular complexity index is 1460. The van der Waals surface area contributed by atoms with Gasteiger partial charge >= 0.3 is 5.97 Å². The van der Waals surface area contributed by atoms with Gasteiger partial charge < -0.3 is 14.4 Å². The number of carbonyl (C=O) groups is 2. The Kier molecular flexibility index (Phi) is 8.55. The maximum atomic E-state index is 13.8. The van der Waals surface area contributed by atoms with E-state index < -0.39 is 30.2 Å². The van der Waals surface area contributed by atoms with Crippen molar-refractivity contribution < 1.29 is 28.2 Å². The molecule has 0 saturated heterocycles. The summed E-state index contributed by atoms with van der Waals surface area (Å²) in [5.74, 6) is -2.62. The summed E-state index contributed by atoms with van der Waals surface area (Å²) in [6, 6.07) is 15.4. The molecule has 1 atom stereocenters. The van der Waals surface area contributed by atoms with Crippen LogP contribution in [-0.4, -0.2) is 39.2 Å². The standard InChI is InChI=1S/C28H25F2N3O4S/c1-33-14-24(32-16-33)27(31-13-26(34)35)28(36)19-5-3-4-17(10-19)15-37-20-8-6-18(7-9-20)21-11-22(29)23(30)12-25(21)38-2/h3-12,14,16,27,31H,13,15H2,1-2H3,(H,34,35). The van der Waals surface area contributed by atoms with Gasteiger partial charge in [-0.3, -0.25) is 14.9 Å². The molecule has 4 aromatic rings. The molecule has 0 radical (unpaired) electrons. The van der Waals surface area contributed by atoms with Crippen molar-refractivity contribution in [1.82, 2.24) is 14.9 Å². The Labute approximate surface area is 222 Å². The van der Waals surface area contributed by atoms with Crippen LogP contribution in [0.2, 0.25) is 0 Å². The second-order valence-electron chi connectivity index (χ2n) is 8.52. The Morgan fingerprint density at radius 1 is 1.11 bits per heavy atom. The minimum absolute atomic E-state index is 0.179. The highest BCUT2D eigenvalue weighted by Gasteiger charge is 2.25. The van der Waals surface area contributed by atoms with E-state index in [1.807, 2.05) is 6.07 Å². The van der Waals surface area contributed by atoms with Crippen LogP contribution >= 0.6 is 11.8 Å². The summed E-state index contributed by atoms with van der Waals surface area (Å²) in [7, 11) is 1.76. The lowest BCUT2D eigenvalue weighted by molar-refractivity contribution is -0.136. The fraction of sp³-hybridized carbons (Fsp3) is 0.179. The van der Waals surface area contributed by atoms with Crippen LogP contribution in [0.25, 0.3) is 11.1 Å². The molecular weight excluding hydrogens is 512 g/mol. The van der Waals surface area contributed by atoms with Gasteiger partial charge in [0.2, 0.25) is 0 Å². The third-order valence-electron chi connectivity index (χ3n) is 5.76. The molecule has 0 fully saturated rings. The van der Waals surface area contributed by atoms with E-state index in [1.54, 1.807) is 72.9 Å². The Morgan fingerprint density at radius 3 is 2.50 bits per heavy atom. The molecule has 0 bridgehead atoms. The van der Waals surface area contributed by atoms with Gasteiger partial charge in [0.05, 0.1) is 18.6 Å². The number of hydrogen-bond acceptors (Lipinski definition) is 6. The summed E-state index contributed by atoms with van der Waals surface area (Å²) in [5, 5.41) is 11.8. The number of halogens is 2. The number of aromatic nitrogens is 2. The zero-order chi connectivity index (χ0) is 27.2. The number of ketones is 1. The van der Waals surface area contributed by atoms with Crippen molar-refractivity contribution in [2.75, 3.05) is 12.8 Å². The van der Waals surface area contributed by atoms with Crippen LogP contribution in [0, 0.1) is 11.6 Å². The van der Waals surface area contributed by atoms with E-state index in [2.05, 4.69) is 10.3 Å². The van der Waals surface area contributed by atoms with Gasteiger partial charge in [0.25, 0.3) is 0 Å². The van der Waals surface area contributed by atoms with E-state index in [0.717, 1.165) is 11.1 Å². The quantitative estimate of drug-likeness (QED) is 0.199. The molecule has 10 heteroatoms. The molecule has 1 unspecified atom stereocenters. The first-order chi connectivity index (χ1) is 18.2. The van der Waals surface area contributed by atoms with E-state index in [4.69, 9.17) is 9.84 Å². The summed E-state index contributed by atoms with van der Waals surface area (Å²) in [6.45, 7) is -0.215. The molecule has 4 rings (SSSR count). The largest absolute Gasteiger partial charge is 0.489 e. The minimum Gasteiger partial charge on any atom is -0.489 e. The summed E-state index contributed by atoms with van der Waals surface area (Å²) in [4.78, 5) is 29.2. The van der Waals surface area contributed by atoms with Gasteiger partial charge in [0, 0.05) is 23.7 Å². The molecule has 1 heterocycles. The van der Waals surface area contributed by atoms with Crippen LogP contribution < -0.4 is 10.1 Å². The number of thioether (sulfide) groups is 1. The van der Waals surface area contributed by atoms with Gasteiger partial charge in [-0.1, -0.05) is 30.3 Å². The Hall–Kier alpha value is -4.02. The zero-order valence-electron chi connectivity index (χ0n) is 20.7. The van der Waals surface area contributed by atoms with E-state index in [0.29, 0.717) is 27.5 Å². The number of carboxylic acid groups (broad SMARTS) is 1. The molecular formula is C28H25F2N3O4S. The van der Waals surface area contributed by atoms with Crippen molar-refractivity contribution in [3.63, 3.8) is 0 Å². The lowest BCUT2D eigenvalue weighted by atomic mass is 10.00. The van der Waals surface area contributed by atoms with E-state index in [9.17, 15) is 18.4 Å². The molecule has 0 aliphatic carbocycles. The van der Waals surface area contributed by atoms with E-state index >= 15 is 0 Å². The lowest BCUT2D eigenvalue weighted by Crippen LogP contribution is -2.33. The lowest BCUT2D eigenvalue weighted by Gasteiger charge is -2.15. The highest BCUT2D eigenvalue weighted by atomic mass is 32.2. The van der Waals surface area contributed by atoms with Crippen molar-refractivity contribution >= 4 is 23.5 Å². The second-order valence-corrected chi connectivity index (χ2v) is 9.36. The smallest absolute Gasteiger partial charge is 0.317 e. The summed E-state index contributed by atoms with van der Waals surface area (Å²) in [5.41, 5.74) is 2.86. The minimum atomic E-state index is -1.08. The summed E-state index contributed by atoms with van der Waals surface area (Å²) >= 11 is 1.33. The number of benzene rings is 3. The van der Waals surface area contributed by atoms with Crippen LogP contribution in [-0.2, 0) is 18.4 Å². The Balaban J connectivity index is 1.47. The molecule has 196 valence electrons.